The molecule has 0 fully saturated rings. The van der Waals surface area contributed by atoms with Crippen LogP contribution in [0.5, 0.6) is 0 Å². The Bertz CT molecular complexity index is 726. The van der Waals surface area contributed by atoms with Gasteiger partial charge in [-0.15, -0.1) is 11.3 Å². The second-order valence-corrected chi connectivity index (χ2v) is 7.79. The van der Waals surface area contributed by atoms with Crippen molar-refractivity contribution >= 4 is 23.2 Å². The molecule has 6 heteroatoms. The van der Waals surface area contributed by atoms with Crippen molar-refractivity contribution in [3.63, 3.8) is 0 Å². The van der Waals surface area contributed by atoms with Gasteiger partial charge in [0, 0.05) is 4.88 Å². The molecule has 0 aliphatic rings. The van der Waals surface area contributed by atoms with Crippen LogP contribution in [-0.4, -0.2) is 22.9 Å². The lowest BCUT2D eigenvalue weighted by Crippen LogP contribution is -2.43. The highest BCUT2D eigenvalue weighted by Crippen LogP contribution is 2.17. The minimum Gasteiger partial charge on any atom is -0.459 e. The monoisotopic (exact) mass is 360 g/mol. The van der Waals surface area contributed by atoms with E-state index in [9.17, 15) is 9.59 Å². The van der Waals surface area contributed by atoms with Crippen molar-refractivity contribution in [2.24, 2.45) is 5.92 Å². The standard InChI is InChI=1S/C19H24N2O3S/c1-12(2)10-16(19(23)24-11-15-8-6-5-7-9-15)21-18(22)17-13(3)25-14(4)20-17/h5-9,12,16H,10-11H2,1-4H3,(H,21,22)/t16-/m0/s1. The van der Waals surface area contributed by atoms with Gasteiger partial charge in [-0.3, -0.25) is 4.79 Å². The molecule has 0 saturated heterocycles. The number of amides is 1. The number of carbonyl (C=O) groups is 2. The molecule has 1 heterocycles. The molecule has 0 spiro atoms. The van der Waals surface area contributed by atoms with Gasteiger partial charge in [0.2, 0.25) is 0 Å². The fraction of sp³-hybridized carbons (Fsp3) is 0.421. The first-order chi connectivity index (χ1) is 11.9. The fourth-order valence-corrected chi connectivity index (χ4v) is 3.30. The van der Waals surface area contributed by atoms with E-state index >= 15 is 0 Å². The predicted molar refractivity (Wildman–Crippen MR) is 98.5 cm³/mol. The molecule has 1 amide bonds. The van der Waals surface area contributed by atoms with Crippen molar-refractivity contribution in [3.05, 3.63) is 51.5 Å². The Labute approximate surface area is 152 Å². The number of aromatic nitrogens is 1. The second kappa shape index (κ2) is 8.76. The average Bonchev–Trinajstić information content (AvgIpc) is 2.91. The number of nitrogens with zero attached hydrogens (tertiary/aromatic N) is 1. The van der Waals surface area contributed by atoms with E-state index in [1.165, 1.54) is 11.3 Å². The van der Waals surface area contributed by atoms with E-state index in [0.29, 0.717) is 12.1 Å². The largest absolute Gasteiger partial charge is 0.459 e. The van der Waals surface area contributed by atoms with E-state index in [1.54, 1.807) is 0 Å². The molecule has 1 N–H and O–H groups in total. The van der Waals surface area contributed by atoms with E-state index in [1.807, 2.05) is 58.0 Å². The van der Waals surface area contributed by atoms with Crippen LogP contribution in [0.15, 0.2) is 30.3 Å². The van der Waals surface area contributed by atoms with Gasteiger partial charge in [0.05, 0.1) is 5.01 Å². The highest BCUT2D eigenvalue weighted by atomic mass is 32.1. The Balaban J connectivity index is 2.03. The lowest BCUT2D eigenvalue weighted by atomic mass is 10.0. The number of nitrogens with one attached hydrogen (secondary N) is 1. The van der Waals surface area contributed by atoms with E-state index < -0.39 is 12.0 Å². The summed E-state index contributed by atoms with van der Waals surface area (Å²) in [7, 11) is 0. The van der Waals surface area contributed by atoms with Crippen LogP contribution >= 0.6 is 11.3 Å². The van der Waals surface area contributed by atoms with Gasteiger partial charge < -0.3 is 10.1 Å². The number of ether oxygens (including phenoxy) is 1. The van der Waals surface area contributed by atoms with E-state index in [2.05, 4.69) is 10.3 Å². The van der Waals surface area contributed by atoms with Crippen LogP contribution in [0.2, 0.25) is 0 Å². The highest BCUT2D eigenvalue weighted by molar-refractivity contribution is 7.11. The van der Waals surface area contributed by atoms with Crippen LogP contribution in [0, 0.1) is 19.8 Å². The number of benzene rings is 1. The molecule has 1 atom stereocenters. The zero-order valence-corrected chi connectivity index (χ0v) is 15.9. The van der Waals surface area contributed by atoms with Gasteiger partial charge in [-0.25, -0.2) is 9.78 Å². The normalized spacial score (nSPS) is 12.0. The van der Waals surface area contributed by atoms with Crippen molar-refractivity contribution in [2.45, 2.75) is 46.8 Å². The van der Waals surface area contributed by atoms with Crippen LogP contribution in [0.25, 0.3) is 0 Å². The molecule has 0 saturated carbocycles. The first-order valence-electron chi connectivity index (χ1n) is 8.32. The lowest BCUT2D eigenvalue weighted by molar-refractivity contribution is -0.147. The molecule has 134 valence electrons. The Hall–Kier alpha value is -2.21. The van der Waals surface area contributed by atoms with Gasteiger partial charge in [0.25, 0.3) is 5.91 Å². The molecular weight excluding hydrogens is 336 g/mol. The van der Waals surface area contributed by atoms with Crippen LogP contribution in [0.4, 0.5) is 0 Å². The first-order valence-corrected chi connectivity index (χ1v) is 9.14. The molecule has 5 nitrogen and oxygen atoms in total. The van der Waals surface area contributed by atoms with E-state index in [4.69, 9.17) is 4.74 Å². The summed E-state index contributed by atoms with van der Waals surface area (Å²) in [6.45, 7) is 7.90. The molecule has 0 aliphatic carbocycles. The van der Waals surface area contributed by atoms with Crippen molar-refractivity contribution < 1.29 is 14.3 Å². The van der Waals surface area contributed by atoms with Crippen LogP contribution in [-0.2, 0) is 16.1 Å². The Morgan fingerprint density at radius 3 is 2.44 bits per heavy atom. The van der Waals surface area contributed by atoms with Gasteiger partial charge in [-0.1, -0.05) is 44.2 Å². The second-order valence-electron chi connectivity index (χ2n) is 6.39. The Kier molecular flexibility index (Phi) is 6.70. The fourth-order valence-electron chi connectivity index (χ4n) is 2.48. The van der Waals surface area contributed by atoms with Crippen LogP contribution < -0.4 is 5.32 Å². The maximum Gasteiger partial charge on any atom is 0.328 e. The van der Waals surface area contributed by atoms with Crippen molar-refractivity contribution in [1.29, 1.82) is 0 Å². The summed E-state index contributed by atoms with van der Waals surface area (Å²) >= 11 is 1.47. The van der Waals surface area contributed by atoms with E-state index in [-0.39, 0.29) is 18.4 Å². The van der Waals surface area contributed by atoms with Crippen LogP contribution in [0.3, 0.4) is 0 Å². The quantitative estimate of drug-likeness (QED) is 0.765. The molecule has 1 aromatic carbocycles. The third-order valence-electron chi connectivity index (χ3n) is 3.64. The number of aryl methyl sites for hydroxylation is 2. The molecule has 25 heavy (non-hydrogen) atoms. The number of hydrogen-bond donors (Lipinski definition) is 1. The number of rotatable bonds is 7. The van der Waals surface area contributed by atoms with Gasteiger partial charge in [-0.2, -0.15) is 0 Å². The zero-order valence-electron chi connectivity index (χ0n) is 15.0. The molecule has 1 aromatic heterocycles. The summed E-state index contributed by atoms with van der Waals surface area (Å²) in [5.41, 5.74) is 1.29. The summed E-state index contributed by atoms with van der Waals surface area (Å²) in [4.78, 5) is 30.0. The summed E-state index contributed by atoms with van der Waals surface area (Å²) in [5, 5.41) is 3.61. The Morgan fingerprint density at radius 2 is 1.88 bits per heavy atom. The van der Waals surface area contributed by atoms with Gasteiger partial charge >= 0.3 is 5.97 Å². The molecule has 0 unspecified atom stereocenters. The first kappa shape index (κ1) is 19.1. The number of hydrogen-bond acceptors (Lipinski definition) is 5. The number of carbonyl (C=O) groups excluding carboxylic acids is 2. The van der Waals surface area contributed by atoms with Crippen LogP contribution in [0.1, 0.15) is 46.2 Å². The maximum atomic E-state index is 12.5. The predicted octanol–water partition coefficient (Wildman–Crippen LogP) is 3.65. The lowest BCUT2D eigenvalue weighted by Gasteiger charge is -2.19. The summed E-state index contributed by atoms with van der Waals surface area (Å²) in [6, 6.07) is 8.80. The molecule has 0 aliphatic heterocycles. The topological polar surface area (TPSA) is 68.3 Å². The molecule has 2 aromatic rings. The Morgan fingerprint density at radius 1 is 1.20 bits per heavy atom. The third kappa shape index (κ3) is 5.67. The molecule has 0 radical (unpaired) electrons. The van der Waals surface area contributed by atoms with Crippen molar-refractivity contribution in [3.8, 4) is 0 Å². The van der Waals surface area contributed by atoms with Crippen molar-refractivity contribution in [2.75, 3.05) is 0 Å². The summed E-state index contributed by atoms with van der Waals surface area (Å²) in [6.07, 6.45) is 0.515. The van der Waals surface area contributed by atoms with Crippen molar-refractivity contribution in [1.82, 2.24) is 10.3 Å². The minimum absolute atomic E-state index is 0.193. The molecule has 2 rings (SSSR count). The van der Waals surface area contributed by atoms with Gasteiger partial charge in [0.15, 0.2) is 0 Å². The van der Waals surface area contributed by atoms with E-state index in [0.717, 1.165) is 15.4 Å². The molecular formula is C19H24N2O3S. The van der Waals surface area contributed by atoms with Gasteiger partial charge in [0.1, 0.15) is 18.3 Å². The van der Waals surface area contributed by atoms with Gasteiger partial charge in [-0.05, 0) is 31.7 Å². The minimum atomic E-state index is -0.683. The average molecular weight is 360 g/mol. The third-order valence-corrected chi connectivity index (χ3v) is 4.53. The number of thiazole rings is 1. The maximum absolute atomic E-state index is 12.5. The zero-order chi connectivity index (χ0) is 18.4. The summed E-state index contributed by atoms with van der Waals surface area (Å²) < 4.78 is 5.39. The summed E-state index contributed by atoms with van der Waals surface area (Å²) in [5.74, 6) is -0.507. The SMILES string of the molecule is Cc1nc(C(=O)N[C@@H](CC(C)C)C(=O)OCc2ccccc2)c(C)s1. The smallest absolute Gasteiger partial charge is 0.328 e. The highest BCUT2D eigenvalue weighted by Gasteiger charge is 2.25. The number of esters is 1. The molecule has 0 bridgehead atoms.